The molecular formula is C23H23N3O3. The Hall–Kier alpha value is -3.38. The maximum Gasteiger partial charge on any atom is 0.188 e. The number of hydrogen-bond acceptors (Lipinski definition) is 5. The fourth-order valence-corrected chi connectivity index (χ4v) is 3.20. The van der Waals surface area contributed by atoms with Gasteiger partial charge < -0.3 is 14.2 Å². The topological polar surface area (TPSA) is 57.9 Å². The molecule has 6 heteroatoms. The first-order valence-corrected chi connectivity index (χ1v) is 9.41. The number of imidazole rings is 1. The van der Waals surface area contributed by atoms with Gasteiger partial charge in [-0.05, 0) is 47.5 Å². The van der Waals surface area contributed by atoms with Crippen molar-refractivity contribution in [3.63, 3.8) is 0 Å². The Labute approximate surface area is 169 Å². The third-order valence-corrected chi connectivity index (χ3v) is 4.66. The van der Waals surface area contributed by atoms with E-state index in [2.05, 4.69) is 11.1 Å². The third kappa shape index (κ3) is 4.55. The SMILES string of the molecule is COCOc1ccc(Cc2cnc3ccc(Cc4cccc(OC)c4)nn23)cc1. The molecule has 0 aliphatic rings. The average molecular weight is 389 g/mol. The normalized spacial score (nSPS) is 11.0. The lowest BCUT2D eigenvalue weighted by molar-refractivity contribution is 0.0511. The molecule has 0 saturated heterocycles. The Balaban J connectivity index is 1.53. The quantitative estimate of drug-likeness (QED) is 0.428. The summed E-state index contributed by atoms with van der Waals surface area (Å²) in [7, 11) is 3.28. The van der Waals surface area contributed by atoms with Gasteiger partial charge >= 0.3 is 0 Å². The second-order valence-corrected chi connectivity index (χ2v) is 6.74. The molecule has 148 valence electrons. The Morgan fingerprint density at radius 3 is 2.52 bits per heavy atom. The van der Waals surface area contributed by atoms with Crippen LogP contribution in [0, 0.1) is 0 Å². The van der Waals surface area contributed by atoms with Crippen LogP contribution in [0.5, 0.6) is 11.5 Å². The smallest absolute Gasteiger partial charge is 0.188 e. The summed E-state index contributed by atoms with van der Waals surface area (Å²) in [4.78, 5) is 4.49. The number of aromatic nitrogens is 3. The number of fused-ring (bicyclic) bond motifs is 1. The summed E-state index contributed by atoms with van der Waals surface area (Å²) in [6, 6.07) is 20.1. The van der Waals surface area contributed by atoms with Crippen molar-refractivity contribution in [2.75, 3.05) is 21.0 Å². The summed E-state index contributed by atoms with van der Waals surface area (Å²) in [6.07, 6.45) is 3.35. The van der Waals surface area contributed by atoms with Gasteiger partial charge in [0.1, 0.15) is 11.5 Å². The number of ether oxygens (including phenoxy) is 3. The van der Waals surface area contributed by atoms with Crippen LogP contribution < -0.4 is 9.47 Å². The molecule has 0 spiro atoms. The van der Waals surface area contributed by atoms with Crippen molar-refractivity contribution in [2.24, 2.45) is 0 Å². The molecule has 2 aromatic carbocycles. The molecule has 0 fully saturated rings. The minimum Gasteiger partial charge on any atom is -0.497 e. The van der Waals surface area contributed by atoms with E-state index in [4.69, 9.17) is 19.3 Å². The van der Waals surface area contributed by atoms with Crippen LogP contribution >= 0.6 is 0 Å². The molecule has 0 N–H and O–H groups in total. The van der Waals surface area contributed by atoms with E-state index in [-0.39, 0.29) is 6.79 Å². The average Bonchev–Trinajstić information content (AvgIpc) is 3.15. The molecule has 2 aromatic heterocycles. The molecule has 4 aromatic rings. The molecule has 0 radical (unpaired) electrons. The van der Waals surface area contributed by atoms with Crippen LogP contribution in [0.3, 0.4) is 0 Å². The number of hydrogen-bond donors (Lipinski definition) is 0. The molecular weight excluding hydrogens is 366 g/mol. The van der Waals surface area contributed by atoms with Crippen molar-refractivity contribution >= 4 is 5.65 Å². The van der Waals surface area contributed by atoms with Crippen LogP contribution in [0.2, 0.25) is 0 Å². The van der Waals surface area contributed by atoms with Crippen molar-refractivity contribution in [1.82, 2.24) is 14.6 Å². The minimum atomic E-state index is 0.243. The first-order valence-electron chi connectivity index (χ1n) is 9.41. The Morgan fingerprint density at radius 1 is 0.862 bits per heavy atom. The van der Waals surface area contributed by atoms with E-state index in [1.54, 1.807) is 14.2 Å². The van der Waals surface area contributed by atoms with Gasteiger partial charge in [0.2, 0.25) is 0 Å². The van der Waals surface area contributed by atoms with E-state index in [0.29, 0.717) is 0 Å². The van der Waals surface area contributed by atoms with E-state index >= 15 is 0 Å². The fraction of sp³-hybridized carbons (Fsp3) is 0.217. The minimum absolute atomic E-state index is 0.243. The van der Waals surface area contributed by atoms with Crippen molar-refractivity contribution in [3.8, 4) is 11.5 Å². The first kappa shape index (κ1) is 19.0. The summed E-state index contributed by atoms with van der Waals surface area (Å²) < 4.78 is 17.6. The molecule has 0 saturated carbocycles. The van der Waals surface area contributed by atoms with Crippen LogP contribution in [-0.2, 0) is 17.6 Å². The van der Waals surface area contributed by atoms with E-state index in [1.165, 1.54) is 0 Å². The van der Waals surface area contributed by atoms with E-state index in [0.717, 1.165) is 52.5 Å². The highest BCUT2D eigenvalue weighted by atomic mass is 16.7. The molecule has 0 bridgehead atoms. The van der Waals surface area contributed by atoms with Gasteiger partial charge in [-0.15, -0.1) is 0 Å². The number of methoxy groups -OCH3 is 2. The highest BCUT2D eigenvalue weighted by Crippen LogP contribution is 2.18. The van der Waals surface area contributed by atoms with Gasteiger partial charge in [-0.3, -0.25) is 0 Å². The second kappa shape index (κ2) is 8.75. The van der Waals surface area contributed by atoms with E-state index < -0.39 is 0 Å². The fourth-order valence-electron chi connectivity index (χ4n) is 3.20. The monoisotopic (exact) mass is 389 g/mol. The summed E-state index contributed by atoms with van der Waals surface area (Å²) >= 11 is 0. The summed E-state index contributed by atoms with van der Waals surface area (Å²) in [5.74, 6) is 1.64. The van der Waals surface area contributed by atoms with Gasteiger partial charge in [-0.1, -0.05) is 24.3 Å². The van der Waals surface area contributed by atoms with Crippen molar-refractivity contribution in [2.45, 2.75) is 12.8 Å². The second-order valence-electron chi connectivity index (χ2n) is 6.74. The Bertz CT molecular complexity index is 1090. The maximum atomic E-state index is 5.44. The van der Waals surface area contributed by atoms with Crippen molar-refractivity contribution in [3.05, 3.63) is 89.4 Å². The Morgan fingerprint density at radius 2 is 1.72 bits per heavy atom. The largest absolute Gasteiger partial charge is 0.497 e. The molecule has 4 rings (SSSR count). The standard InChI is InChI=1S/C23H23N3O3/c1-27-16-29-21-9-6-17(7-10-21)13-20-15-24-23-11-8-19(25-26(20)23)12-18-4-3-5-22(14-18)28-2/h3-11,14-15H,12-13,16H2,1-2H3. The maximum absolute atomic E-state index is 5.44. The lowest BCUT2D eigenvalue weighted by atomic mass is 10.1. The summed E-state index contributed by atoms with van der Waals surface area (Å²) in [6.45, 7) is 0.243. The highest BCUT2D eigenvalue weighted by molar-refractivity contribution is 5.41. The Kier molecular flexibility index (Phi) is 5.72. The van der Waals surface area contributed by atoms with Gasteiger partial charge in [0.25, 0.3) is 0 Å². The zero-order chi connectivity index (χ0) is 20.1. The zero-order valence-electron chi connectivity index (χ0n) is 16.5. The van der Waals surface area contributed by atoms with Crippen LogP contribution in [0.1, 0.15) is 22.5 Å². The van der Waals surface area contributed by atoms with Crippen LogP contribution in [0.4, 0.5) is 0 Å². The predicted octanol–water partition coefficient (Wildman–Crippen LogP) is 3.90. The van der Waals surface area contributed by atoms with Gasteiger partial charge in [0, 0.05) is 20.0 Å². The summed E-state index contributed by atoms with van der Waals surface area (Å²) in [5.41, 5.74) is 5.18. The van der Waals surface area contributed by atoms with Gasteiger partial charge in [0.05, 0.1) is 24.7 Å². The van der Waals surface area contributed by atoms with Crippen molar-refractivity contribution < 1.29 is 14.2 Å². The third-order valence-electron chi connectivity index (χ3n) is 4.66. The molecule has 0 amide bonds. The van der Waals surface area contributed by atoms with Crippen LogP contribution in [-0.4, -0.2) is 35.6 Å². The molecule has 2 heterocycles. The molecule has 0 unspecified atom stereocenters. The lowest BCUT2D eigenvalue weighted by Gasteiger charge is -2.07. The molecule has 29 heavy (non-hydrogen) atoms. The number of benzene rings is 2. The summed E-state index contributed by atoms with van der Waals surface area (Å²) in [5, 5.41) is 4.81. The molecule has 0 atom stereocenters. The van der Waals surface area contributed by atoms with Crippen molar-refractivity contribution in [1.29, 1.82) is 0 Å². The zero-order valence-corrected chi connectivity index (χ0v) is 16.5. The van der Waals surface area contributed by atoms with E-state index in [1.807, 2.05) is 65.3 Å². The van der Waals surface area contributed by atoms with Crippen LogP contribution in [0.25, 0.3) is 5.65 Å². The lowest BCUT2D eigenvalue weighted by Crippen LogP contribution is -2.03. The van der Waals surface area contributed by atoms with Gasteiger partial charge in [0.15, 0.2) is 12.4 Å². The highest BCUT2D eigenvalue weighted by Gasteiger charge is 2.08. The molecule has 6 nitrogen and oxygen atoms in total. The number of nitrogens with zero attached hydrogens (tertiary/aromatic N) is 3. The predicted molar refractivity (Wildman–Crippen MR) is 111 cm³/mol. The first-order chi connectivity index (χ1) is 14.2. The van der Waals surface area contributed by atoms with E-state index in [9.17, 15) is 0 Å². The number of rotatable bonds is 8. The van der Waals surface area contributed by atoms with Crippen LogP contribution in [0.15, 0.2) is 66.9 Å². The molecule has 0 aliphatic carbocycles. The molecule has 0 aliphatic heterocycles. The van der Waals surface area contributed by atoms with Gasteiger partial charge in [-0.25, -0.2) is 9.50 Å². The van der Waals surface area contributed by atoms with Gasteiger partial charge in [-0.2, -0.15) is 5.10 Å².